The highest BCUT2D eigenvalue weighted by Crippen LogP contribution is 2.33. The second-order valence-corrected chi connectivity index (χ2v) is 11.1. The first kappa shape index (κ1) is 25.2. The monoisotopic (exact) mass is 510 g/mol. The number of nitrogens with one attached hydrogen (secondary N) is 2. The molecule has 0 radical (unpaired) electrons. The van der Waals surface area contributed by atoms with Crippen molar-refractivity contribution < 1.29 is 22.0 Å². The fourth-order valence-electron chi connectivity index (χ4n) is 3.42. The number of sulfonamides is 1. The molecule has 1 aromatic heterocycles. The van der Waals surface area contributed by atoms with E-state index >= 15 is 4.39 Å². The number of rotatable bonds is 5. The van der Waals surface area contributed by atoms with Crippen LogP contribution >= 0.6 is 0 Å². The van der Waals surface area contributed by atoms with Crippen molar-refractivity contribution in [2.24, 2.45) is 5.41 Å². The van der Waals surface area contributed by atoms with Crippen LogP contribution in [-0.2, 0) is 14.8 Å². The third-order valence-corrected chi connectivity index (χ3v) is 6.77. The van der Waals surface area contributed by atoms with Gasteiger partial charge >= 0.3 is 0 Å². The molecule has 0 bridgehead atoms. The summed E-state index contributed by atoms with van der Waals surface area (Å²) in [5.41, 5.74) is -0.0730. The summed E-state index contributed by atoms with van der Waals surface area (Å²) in [6.07, 6.45) is 1.43. The van der Waals surface area contributed by atoms with Crippen molar-refractivity contribution >= 4 is 38.5 Å². The molecule has 10 heteroatoms. The first-order valence-electron chi connectivity index (χ1n) is 11.0. The minimum Gasteiger partial charge on any atom is -0.294 e. The largest absolute Gasteiger partial charge is 0.294 e. The van der Waals surface area contributed by atoms with Gasteiger partial charge in [-0.2, -0.15) is 0 Å². The average molecular weight is 511 g/mol. The van der Waals surface area contributed by atoms with Gasteiger partial charge in [0.25, 0.3) is 10.0 Å². The van der Waals surface area contributed by atoms with Gasteiger partial charge in [0, 0.05) is 17.0 Å². The van der Waals surface area contributed by atoms with E-state index < -0.39 is 32.6 Å². The number of anilines is 2. The van der Waals surface area contributed by atoms with Crippen molar-refractivity contribution in [3.05, 3.63) is 78.0 Å². The fourth-order valence-corrected chi connectivity index (χ4v) is 4.58. The number of aromatic nitrogens is 2. The molecule has 0 spiro atoms. The van der Waals surface area contributed by atoms with Crippen LogP contribution in [0.25, 0.3) is 22.0 Å². The molecule has 7 nitrogen and oxygen atoms in total. The number of fused-ring (bicyclic) bond motifs is 1. The van der Waals surface area contributed by atoms with Gasteiger partial charge in [-0.05, 0) is 54.4 Å². The standard InChI is InChI=1S/C26H24F2N4O3S/c1-15-6-5-7-18(12-15)36(34,35)32-21-11-9-19(27)22(23(21)28)16-8-10-20-17(13-16)14-29-25(30-20)31-24(33)26(2,3)4/h5-14,32H,1-4H3,(H,29,30,31,33). The van der Waals surface area contributed by atoms with Crippen LogP contribution in [0.4, 0.5) is 20.4 Å². The number of halogens is 2. The lowest BCUT2D eigenvalue weighted by molar-refractivity contribution is -0.123. The molecule has 0 aliphatic heterocycles. The maximum absolute atomic E-state index is 15.4. The number of benzene rings is 3. The molecule has 0 aliphatic carbocycles. The summed E-state index contributed by atoms with van der Waals surface area (Å²) in [4.78, 5) is 20.6. The van der Waals surface area contributed by atoms with Gasteiger partial charge in [0.2, 0.25) is 11.9 Å². The number of hydrogen-bond donors (Lipinski definition) is 2. The van der Waals surface area contributed by atoms with Gasteiger partial charge in [-0.15, -0.1) is 0 Å². The average Bonchev–Trinajstić information content (AvgIpc) is 2.80. The summed E-state index contributed by atoms with van der Waals surface area (Å²) >= 11 is 0. The summed E-state index contributed by atoms with van der Waals surface area (Å²) in [6.45, 7) is 7.01. The van der Waals surface area contributed by atoms with E-state index in [-0.39, 0.29) is 28.0 Å². The smallest absolute Gasteiger partial charge is 0.261 e. The van der Waals surface area contributed by atoms with Gasteiger partial charge in [-0.1, -0.05) is 39.0 Å². The minimum atomic E-state index is -4.10. The Morgan fingerprint density at radius 2 is 1.75 bits per heavy atom. The van der Waals surface area contributed by atoms with Gasteiger partial charge in [-0.25, -0.2) is 27.2 Å². The van der Waals surface area contributed by atoms with Crippen LogP contribution in [-0.4, -0.2) is 24.3 Å². The van der Waals surface area contributed by atoms with E-state index in [1.165, 1.54) is 30.5 Å². The maximum Gasteiger partial charge on any atom is 0.261 e. The van der Waals surface area contributed by atoms with Crippen LogP contribution in [0.2, 0.25) is 0 Å². The normalized spacial score (nSPS) is 11.9. The Bertz CT molecular complexity index is 1600. The van der Waals surface area contributed by atoms with E-state index in [2.05, 4.69) is 20.0 Å². The highest BCUT2D eigenvalue weighted by molar-refractivity contribution is 7.92. The molecule has 1 heterocycles. The lowest BCUT2D eigenvalue weighted by Crippen LogP contribution is -2.28. The van der Waals surface area contributed by atoms with Crippen molar-refractivity contribution in [3.8, 4) is 11.1 Å². The lowest BCUT2D eigenvalue weighted by atomic mass is 9.96. The van der Waals surface area contributed by atoms with E-state index in [1.54, 1.807) is 45.9 Å². The van der Waals surface area contributed by atoms with E-state index in [0.29, 0.717) is 10.9 Å². The first-order valence-corrected chi connectivity index (χ1v) is 12.5. The summed E-state index contributed by atoms with van der Waals surface area (Å²) in [7, 11) is -4.10. The van der Waals surface area contributed by atoms with Crippen LogP contribution in [0.15, 0.2) is 65.7 Å². The molecule has 0 atom stereocenters. The number of amides is 1. The quantitative estimate of drug-likeness (QED) is 0.360. The van der Waals surface area contributed by atoms with E-state index in [4.69, 9.17) is 0 Å². The summed E-state index contributed by atoms with van der Waals surface area (Å²) in [5.74, 6) is -2.06. The zero-order chi connectivity index (χ0) is 26.3. The van der Waals surface area contributed by atoms with Crippen molar-refractivity contribution in [1.29, 1.82) is 0 Å². The van der Waals surface area contributed by atoms with Crippen molar-refractivity contribution in [3.63, 3.8) is 0 Å². The molecular weight excluding hydrogens is 486 g/mol. The Hall–Kier alpha value is -3.92. The zero-order valence-corrected chi connectivity index (χ0v) is 20.9. The SMILES string of the molecule is Cc1cccc(S(=O)(=O)Nc2ccc(F)c(-c3ccc4nc(NC(=O)C(C)(C)C)ncc4c3)c2F)c1. The predicted octanol–water partition coefficient (Wildman–Crippen LogP) is 5.67. The molecule has 0 saturated carbocycles. The Morgan fingerprint density at radius 1 is 1.00 bits per heavy atom. The molecule has 4 rings (SSSR count). The van der Waals surface area contributed by atoms with E-state index in [0.717, 1.165) is 17.7 Å². The van der Waals surface area contributed by atoms with Crippen molar-refractivity contribution in [2.45, 2.75) is 32.6 Å². The van der Waals surface area contributed by atoms with Crippen LogP contribution in [0.3, 0.4) is 0 Å². The lowest BCUT2D eigenvalue weighted by Gasteiger charge is -2.16. The van der Waals surface area contributed by atoms with E-state index in [9.17, 15) is 17.6 Å². The second-order valence-electron chi connectivity index (χ2n) is 9.38. The molecule has 186 valence electrons. The molecule has 2 N–H and O–H groups in total. The van der Waals surface area contributed by atoms with E-state index in [1.807, 2.05) is 0 Å². The summed E-state index contributed by atoms with van der Waals surface area (Å²) in [5, 5.41) is 3.12. The highest BCUT2D eigenvalue weighted by atomic mass is 32.2. The molecular formula is C26H24F2N4O3S. The molecule has 4 aromatic rings. The van der Waals surface area contributed by atoms with Crippen LogP contribution in [0.5, 0.6) is 0 Å². The number of carbonyl (C=O) groups is 1. The fraction of sp³-hybridized carbons (Fsp3) is 0.192. The van der Waals surface area contributed by atoms with Gasteiger partial charge < -0.3 is 0 Å². The Balaban J connectivity index is 1.69. The highest BCUT2D eigenvalue weighted by Gasteiger charge is 2.23. The van der Waals surface area contributed by atoms with Gasteiger partial charge in [0.05, 0.1) is 21.7 Å². The molecule has 0 fully saturated rings. The third-order valence-electron chi connectivity index (χ3n) is 5.41. The van der Waals surface area contributed by atoms with Gasteiger partial charge in [0.1, 0.15) is 5.82 Å². The topological polar surface area (TPSA) is 101 Å². The minimum absolute atomic E-state index is 0.0371. The Morgan fingerprint density at radius 3 is 2.44 bits per heavy atom. The maximum atomic E-state index is 15.4. The summed E-state index contributed by atoms with van der Waals surface area (Å²) < 4.78 is 57.9. The number of aryl methyl sites for hydroxylation is 1. The molecule has 1 amide bonds. The molecule has 0 aliphatic rings. The van der Waals surface area contributed by atoms with Crippen molar-refractivity contribution in [1.82, 2.24) is 9.97 Å². The molecule has 0 unspecified atom stereocenters. The number of nitrogens with zero attached hydrogens (tertiary/aromatic N) is 2. The van der Waals surface area contributed by atoms with Crippen LogP contribution < -0.4 is 10.0 Å². The molecule has 0 saturated heterocycles. The van der Waals surface area contributed by atoms with Crippen LogP contribution in [0.1, 0.15) is 26.3 Å². The van der Waals surface area contributed by atoms with Crippen LogP contribution in [0, 0.1) is 24.0 Å². The Kier molecular flexibility index (Phi) is 6.48. The molecule has 36 heavy (non-hydrogen) atoms. The zero-order valence-electron chi connectivity index (χ0n) is 20.1. The van der Waals surface area contributed by atoms with Crippen molar-refractivity contribution in [2.75, 3.05) is 10.0 Å². The third kappa shape index (κ3) is 5.18. The second kappa shape index (κ2) is 9.27. The number of carbonyl (C=O) groups excluding carboxylic acids is 1. The first-order chi connectivity index (χ1) is 16.8. The Labute approximate surface area is 207 Å². The molecule has 3 aromatic carbocycles. The van der Waals surface area contributed by atoms with Gasteiger partial charge in [-0.3, -0.25) is 14.8 Å². The van der Waals surface area contributed by atoms with Gasteiger partial charge in [0.15, 0.2) is 5.82 Å². The predicted molar refractivity (Wildman–Crippen MR) is 135 cm³/mol. The summed E-state index contributed by atoms with van der Waals surface area (Å²) in [6, 6.07) is 12.7. The number of hydrogen-bond acceptors (Lipinski definition) is 5.